The topological polar surface area (TPSA) is 88.1 Å². The normalized spacial score (nSPS) is 12.2. The predicted octanol–water partition coefficient (Wildman–Crippen LogP) is -0.622. The molecule has 0 radical (unpaired) electrons. The zero-order valence-electron chi connectivity index (χ0n) is 7.91. The molecule has 1 atom stereocenters. The van der Waals surface area contributed by atoms with Crippen LogP contribution in [0.5, 0.6) is 0 Å². The van der Waals surface area contributed by atoms with Gasteiger partial charge in [-0.05, 0) is 13.8 Å². The molecule has 1 unspecified atom stereocenters. The van der Waals surface area contributed by atoms with Crippen LogP contribution >= 0.6 is 0 Å². The molecule has 0 aromatic heterocycles. The zero-order chi connectivity index (χ0) is 10.3. The summed E-state index contributed by atoms with van der Waals surface area (Å²) >= 11 is 0. The summed E-state index contributed by atoms with van der Waals surface area (Å²) in [4.78, 5) is 11.1. The summed E-state index contributed by atoms with van der Waals surface area (Å²) in [6.45, 7) is 3.73. The molecule has 0 bridgehead atoms. The summed E-state index contributed by atoms with van der Waals surface area (Å²) in [6.07, 6.45) is 0. The van der Waals surface area contributed by atoms with Crippen molar-refractivity contribution in [2.45, 2.75) is 25.9 Å². The quantitative estimate of drug-likeness (QED) is 0.559. The Hall–Kier alpha value is -1.12. The third-order valence-corrected chi connectivity index (χ3v) is 1.23. The van der Waals surface area contributed by atoms with Crippen molar-refractivity contribution in [2.75, 3.05) is 13.2 Å². The summed E-state index contributed by atoms with van der Waals surface area (Å²) in [5.74, 6) is -0.257. The van der Waals surface area contributed by atoms with E-state index in [4.69, 9.17) is 15.7 Å². The molecule has 0 aliphatic heterocycles. The number of rotatable bonds is 5. The van der Waals surface area contributed by atoms with E-state index in [0.29, 0.717) is 0 Å². The number of hydrogen-bond donors (Lipinski definition) is 2. The van der Waals surface area contributed by atoms with Gasteiger partial charge in [-0.3, -0.25) is 4.79 Å². The molecule has 0 aliphatic carbocycles. The second-order valence-corrected chi connectivity index (χ2v) is 2.94. The average Bonchev–Trinajstić information content (AvgIpc) is 2.03. The molecule has 13 heavy (non-hydrogen) atoms. The molecule has 0 heterocycles. The number of nitrogens with one attached hydrogen (secondary N) is 1. The molecule has 0 saturated carbocycles. The van der Waals surface area contributed by atoms with Crippen LogP contribution in [0.1, 0.15) is 13.8 Å². The number of nitrogens with two attached hydrogens (primary N) is 1. The Bertz CT molecular complexity index is 198. The van der Waals surface area contributed by atoms with E-state index < -0.39 is 6.04 Å². The van der Waals surface area contributed by atoms with Crippen LogP contribution in [0, 0.1) is 11.3 Å². The number of carbonyl (C=O) groups excluding carboxylic acids is 1. The Morgan fingerprint density at radius 2 is 2.31 bits per heavy atom. The van der Waals surface area contributed by atoms with E-state index in [0.717, 1.165) is 0 Å². The predicted molar refractivity (Wildman–Crippen MR) is 47.7 cm³/mol. The first kappa shape index (κ1) is 11.9. The average molecular weight is 185 g/mol. The molecule has 0 fully saturated rings. The van der Waals surface area contributed by atoms with Crippen LogP contribution < -0.4 is 11.1 Å². The minimum atomic E-state index is -0.698. The highest BCUT2D eigenvalue weighted by molar-refractivity contribution is 5.81. The fraction of sp³-hybridized carbons (Fsp3) is 0.750. The molecule has 1 amide bonds. The van der Waals surface area contributed by atoms with Crippen LogP contribution in [0.3, 0.4) is 0 Å². The van der Waals surface area contributed by atoms with E-state index in [1.807, 2.05) is 13.8 Å². The Labute approximate surface area is 77.9 Å². The lowest BCUT2D eigenvalue weighted by Gasteiger charge is -2.13. The molecular weight excluding hydrogens is 170 g/mol. The number of hydrogen-bond acceptors (Lipinski definition) is 4. The smallest absolute Gasteiger partial charge is 0.239 e. The Morgan fingerprint density at radius 1 is 1.69 bits per heavy atom. The first-order chi connectivity index (χ1) is 6.07. The lowest BCUT2D eigenvalue weighted by atomic mass is 10.3. The van der Waals surface area contributed by atoms with Crippen molar-refractivity contribution < 1.29 is 9.53 Å². The molecule has 0 aliphatic rings. The van der Waals surface area contributed by atoms with Gasteiger partial charge in [-0.1, -0.05) is 0 Å². The third-order valence-electron chi connectivity index (χ3n) is 1.23. The van der Waals surface area contributed by atoms with Gasteiger partial charge in [-0.25, -0.2) is 0 Å². The monoisotopic (exact) mass is 185 g/mol. The van der Waals surface area contributed by atoms with Crippen LogP contribution in [-0.4, -0.2) is 31.2 Å². The SMILES string of the molecule is CC(C)NC(=O)C(N)COCC#N. The summed E-state index contributed by atoms with van der Waals surface area (Å²) < 4.78 is 4.80. The molecule has 5 nitrogen and oxygen atoms in total. The molecule has 3 N–H and O–H groups in total. The molecule has 74 valence electrons. The molecule has 0 aromatic carbocycles. The van der Waals surface area contributed by atoms with Crippen LogP contribution in [0.2, 0.25) is 0 Å². The second-order valence-electron chi connectivity index (χ2n) is 2.94. The van der Waals surface area contributed by atoms with Crippen molar-refractivity contribution in [1.82, 2.24) is 5.32 Å². The van der Waals surface area contributed by atoms with Crippen molar-refractivity contribution in [3.05, 3.63) is 0 Å². The summed E-state index contributed by atoms with van der Waals surface area (Å²) in [5, 5.41) is 10.8. The van der Waals surface area contributed by atoms with E-state index >= 15 is 0 Å². The maximum atomic E-state index is 11.1. The highest BCUT2D eigenvalue weighted by Gasteiger charge is 2.13. The van der Waals surface area contributed by atoms with E-state index in [9.17, 15) is 4.79 Å². The second kappa shape index (κ2) is 6.40. The fourth-order valence-corrected chi connectivity index (χ4v) is 0.699. The Kier molecular flexibility index (Phi) is 5.85. The van der Waals surface area contributed by atoms with Gasteiger partial charge < -0.3 is 15.8 Å². The summed E-state index contributed by atoms with van der Waals surface area (Å²) in [5.41, 5.74) is 5.46. The molecule has 0 saturated heterocycles. The minimum absolute atomic E-state index is 0.0390. The number of nitrogens with zero attached hydrogens (tertiary/aromatic N) is 1. The van der Waals surface area contributed by atoms with E-state index in [1.54, 1.807) is 6.07 Å². The maximum absolute atomic E-state index is 11.1. The van der Waals surface area contributed by atoms with Crippen molar-refractivity contribution in [1.29, 1.82) is 5.26 Å². The highest BCUT2D eigenvalue weighted by Crippen LogP contribution is 1.85. The number of amides is 1. The van der Waals surface area contributed by atoms with E-state index in [2.05, 4.69) is 5.32 Å². The van der Waals surface area contributed by atoms with Gasteiger partial charge in [-0.2, -0.15) is 5.26 Å². The van der Waals surface area contributed by atoms with Crippen molar-refractivity contribution >= 4 is 5.91 Å². The van der Waals surface area contributed by atoms with Gasteiger partial charge in [0, 0.05) is 6.04 Å². The number of carbonyl (C=O) groups is 1. The fourth-order valence-electron chi connectivity index (χ4n) is 0.699. The van der Waals surface area contributed by atoms with Gasteiger partial charge in [0.05, 0.1) is 12.7 Å². The Morgan fingerprint density at radius 3 is 2.77 bits per heavy atom. The largest absolute Gasteiger partial charge is 0.364 e. The first-order valence-electron chi connectivity index (χ1n) is 4.08. The van der Waals surface area contributed by atoms with Gasteiger partial charge in [-0.15, -0.1) is 0 Å². The summed E-state index contributed by atoms with van der Waals surface area (Å²) in [6, 6.07) is 1.16. The minimum Gasteiger partial charge on any atom is -0.364 e. The van der Waals surface area contributed by atoms with Crippen LogP contribution in [0.15, 0.2) is 0 Å². The number of ether oxygens (including phenoxy) is 1. The first-order valence-corrected chi connectivity index (χ1v) is 4.08. The Balaban J connectivity index is 3.64. The zero-order valence-corrected chi connectivity index (χ0v) is 7.91. The molecular formula is C8H15N3O2. The molecule has 5 heteroatoms. The van der Waals surface area contributed by atoms with Crippen molar-refractivity contribution in [2.24, 2.45) is 5.73 Å². The lowest BCUT2D eigenvalue weighted by Crippen LogP contribution is -2.46. The molecule has 0 rings (SSSR count). The van der Waals surface area contributed by atoms with Gasteiger partial charge in [0.1, 0.15) is 12.6 Å². The van der Waals surface area contributed by atoms with Gasteiger partial charge in [0.2, 0.25) is 5.91 Å². The standard InChI is InChI=1S/C8H15N3O2/c1-6(2)11-8(12)7(10)5-13-4-3-9/h6-7H,4-5,10H2,1-2H3,(H,11,12). The van der Waals surface area contributed by atoms with Crippen LogP contribution in [0.25, 0.3) is 0 Å². The van der Waals surface area contributed by atoms with Gasteiger partial charge in [0.25, 0.3) is 0 Å². The maximum Gasteiger partial charge on any atom is 0.239 e. The molecule has 0 aromatic rings. The van der Waals surface area contributed by atoms with Crippen LogP contribution in [0.4, 0.5) is 0 Å². The molecule has 0 spiro atoms. The lowest BCUT2D eigenvalue weighted by molar-refractivity contribution is -0.124. The number of nitriles is 1. The van der Waals surface area contributed by atoms with Crippen LogP contribution in [-0.2, 0) is 9.53 Å². The van der Waals surface area contributed by atoms with Gasteiger partial charge >= 0.3 is 0 Å². The van der Waals surface area contributed by atoms with E-state index in [-0.39, 0.29) is 25.2 Å². The van der Waals surface area contributed by atoms with Crippen molar-refractivity contribution in [3.63, 3.8) is 0 Å². The third kappa shape index (κ3) is 6.08. The van der Waals surface area contributed by atoms with Gasteiger partial charge in [0.15, 0.2) is 0 Å². The highest BCUT2D eigenvalue weighted by atomic mass is 16.5. The van der Waals surface area contributed by atoms with Crippen molar-refractivity contribution in [3.8, 4) is 6.07 Å². The summed E-state index contributed by atoms with van der Waals surface area (Å²) in [7, 11) is 0. The van der Waals surface area contributed by atoms with E-state index in [1.165, 1.54) is 0 Å².